The molecule has 124 valence electrons. The minimum atomic E-state index is -0.367. The van der Waals surface area contributed by atoms with Crippen LogP contribution in [0, 0.1) is 28.0 Å². The van der Waals surface area contributed by atoms with E-state index in [1.54, 1.807) is 12.1 Å². The Morgan fingerprint density at radius 2 is 1.65 bits per heavy atom. The van der Waals surface area contributed by atoms with Crippen molar-refractivity contribution in [3.63, 3.8) is 0 Å². The van der Waals surface area contributed by atoms with Crippen LogP contribution in [0.1, 0.15) is 82.3 Å². The van der Waals surface area contributed by atoms with Gasteiger partial charge in [0.05, 0.1) is 5.56 Å². The largest absolute Gasteiger partial charge is 0.206 e. The van der Waals surface area contributed by atoms with E-state index in [0.29, 0.717) is 10.8 Å². The van der Waals surface area contributed by atoms with Gasteiger partial charge in [-0.05, 0) is 86.3 Å². The molecule has 2 heteroatoms. The summed E-state index contributed by atoms with van der Waals surface area (Å²) in [6.07, 6.45) is 14.6. The quantitative estimate of drug-likeness (QED) is 0.617. The summed E-state index contributed by atoms with van der Waals surface area (Å²) >= 11 is 0. The van der Waals surface area contributed by atoms with Crippen LogP contribution in [0.3, 0.4) is 0 Å². The molecular formula is C21H28FN. The van der Waals surface area contributed by atoms with Crippen LogP contribution in [0.25, 0.3) is 0 Å². The van der Waals surface area contributed by atoms with Gasteiger partial charge in [0.2, 0.25) is 0 Å². The zero-order valence-electron chi connectivity index (χ0n) is 14.3. The molecule has 0 aliphatic heterocycles. The number of nitrogens with zero attached hydrogens (tertiary/aromatic N) is 1. The maximum absolute atomic E-state index is 13.7. The lowest BCUT2D eigenvalue weighted by Crippen LogP contribution is -2.41. The molecule has 0 aromatic heterocycles. The Morgan fingerprint density at radius 1 is 1.04 bits per heavy atom. The predicted octanol–water partition coefficient (Wildman–Crippen LogP) is 6.16. The Bertz CT molecular complexity index is 574. The topological polar surface area (TPSA) is 23.8 Å². The molecule has 0 amide bonds. The van der Waals surface area contributed by atoms with Crippen LogP contribution in [-0.2, 0) is 6.42 Å². The molecular weight excluding hydrogens is 285 g/mol. The van der Waals surface area contributed by atoms with E-state index in [0.717, 1.165) is 12.0 Å². The van der Waals surface area contributed by atoms with Crippen molar-refractivity contribution in [2.24, 2.45) is 10.8 Å². The molecule has 1 aromatic carbocycles. The summed E-state index contributed by atoms with van der Waals surface area (Å²) < 4.78 is 13.7. The third kappa shape index (κ3) is 3.44. The maximum atomic E-state index is 13.7. The Kier molecular flexibility index (Phi) is 4.76. The second-order valence-electron chi connectivity index (χ2n) is 8.03. The molecule has 2 bridgehead atoms. The van der Waals surface area contributed by atoms with E-state index in [1.807, 2.05) is 12.1 Å². The second-order valence-corrected chi connectivity index (χ2v) is 8.03. The monoisotopic (exact) mass is 313 g/mol. The van der Waals surface area contributed by atoms with Gasteiger partial charge in [-0.3, -0.25) is 0 Å². The lowest BCUT2D eigenvalue weighted by Gasteiger charge is -2.54. The number of nitriles is 1. The number of halogens is 1. The number of aryl methyl sites for hydroxylation is 1. The Balaban J connectivity index is 1.58. The highest BCUT2D eigenvalue weighted by atomic mass is 19.1. The van der Waals surface area contributed by atoms with Gasteiger partial charge in [0.15, 0.2) is 0 Å². The van der Waals surface area contributed by atoms with Gasteiger partial charge in [-0.2, -0.15) is 5.26 Å². The van der Waals surface area contributed by atoms with Gasteiger partial charge in [-0.1, -0.05) is 25.8 Å². The van der Waals surface area contributed by atoms with Gasteiger partial charge in [-0.15, -0.1) is 0 Å². The van der Waals surface area contributed by atoms with Gasteiger partial charge in [-0.25, -0.2) is 4.39 Å². The summed E-state index contributed by atoms with van der Waals surface area (Å²) in [5, 5.41) is 8.82. The van der Waals surface area contributed by atoms with E-state index < -0.39 is 0 Å². The van der Waals surface area contributed by atoms with Crippen LogP contribution < -0.4 is 0 Å². The normalized spacial score (nSPS) is 29.4. The van der Waals surface area contributed by atoms with Crippen molar-refractivity contribution >= 4 is 0 Å². The number of unbranched alkanes of at least 4 members (excludes halogenated alkanes) is 1. The molecule has 4 rings (SSSR count). The first-order valence-corrected chi connectivity index (χ1v) is 9.29. The molecule has 3 fully saturated rings. The SMILES string of the molecule is CCCCC12CCC(CCc3ccc(C#N)c(F)c3)(CC1)CC2. The Morgan fingerprint density at radius 3 is 2.17 bits per heavy atom. The van der Waals surface area contributed by atoms with Crippen LogP contribution in [0.2, 0.25) is 0 Å². The molecule has 3 aliphatic rings. The molecule has 0 unspecified atom stereocenters. The van der Waals surface area contributed by atoms with Crippen LogP contribution >= 0.6 is 0 Å². The minimum absolute atomic E-state index is 0.156. The molecule has 0 atom stereocenters. The average Bonchev–Trinajstić information content (AvgIpc) is 2.60. The molecule has 3 aliphatic carbocycles. The Labute approximate surface area is 139 Å². The van der Waals surface area contributed by atoms with Gasteiger partial charge in [0.1, 0.15) is 11.9 Å². The standard InChI is InChI=1S/C21H28FN/c1-2-3-7-20-9-12-21(13-10-20,14-11-20)8-6-17-4-5-18(16-23)19(22)15-17/h4-5,15H,2-3,6-14H2,1H3. The van der Waals surface area contributed by atoms with E-state index >= 15 is 0 Å². The fourth-order valence-corrected chi connectivity index (χ4v) is 4.86. The molecule has 0 radical (unpaired) electrons. The number of rotatable bonds is 6. The van der Waals surface area contributed by atoms with Crippen molar-refractivity contribution in [2.75, 3.05) is 0 Å². The van der Waals surface area contributed by atoms with Crippen LogP contribution in [0.5, 0.6) is 0 Å². The highest BCUT2D eigenvalue weighted by molar-refractivity contribution is 5.33. The molecule has 3 saturated carbocycles. The summed E-state index contributed by atoms with van der Waals surface area (Å²) in [6, 6.07) is 7.01. The van der Waals surface area contributed by atoms with Gasteiger partial charge in [0, 0.05) is 0 Å². The number of hydrogen-bond acceptors (Lipinski definition) is 1. The van der Waals surface area contributed by atoms with Crippen LogP contribution in [0.15, 0.2) is 18.2 Å². The van der Waals surface area contributed by atoms with E-state index in [1.165, 1.54) is 64.2 Å². The molecule has 0 N–H and O–H groups in total. The second kappa shape index (κ2) is 6.63. The maximum Gasteiger partial charge on any atom is 0.141 e. The first-order chi connectivity index (χ1) is 11.1. The third-order valence-electron chi connectivity index (χ3n) is 6.72. The van der Waals surface area contributed by atoms with Crippen molar-refractivity contribution in [3.8, 4) is 6.07 Å². The van der Waals surface area contributed by atoms with E-state index in [2.05, 4.69) is 6.92 Å². The zero-order valence-corrected chi connectivity index (χ0v) is 14.3. The summed E-state index contributed by atoms with van der Waals surface area (Å²) in [4.78, 5) is 0. The lowest BCUT2D eigenvalue weighted by atomic mass is 9.51. The molecule has 0 saturated heterocycles. The summed E-state index contributed by atoms with van der Waals surface area (Å²) in [7, 11) is 0. The number of hydrogen-bond donors (Lipinski definition) is 0. The molecule has 0 heterocycles. The summed E-state index contributed by atoms with van der Waals surface area (Å²) in [5.74, 6) is -0.367. The van der Waals surface area contributed by atoms with Crippen LogP contribution in [0.4, 0.5) is 4.39 Å². The van der Waals surface area contributed by atoms with Gasteiger partial charge in [0.25, 0.3) is 0 Å². The molecule has 0 spiro atoms. The lowest BCUT2D eigenvalue weighted by molar-refractivity contribution is -0.0202. The number of fused-ring (bicyclic) bond motifs is 3. The van der Waals surface area contributed by atoms with Crippen molar-refractivity contribution in [1.82, 2.24) is 0 Å². The average molecular weight is 313 g/mol. The fourth-order valence-electron chi connectivity index (χ4n) is 4.86. The van der Waals surface area contributed by atoms with Crippen molar-refractivity contribution in [1.29, 1.82) is 5.26 Å². The van der Waals surface area contributed by atoms with E-state index in [4.69, 9.17) is 5.26 Å². The first-order valence-electron chi connectivity index (χ1n) is 9.29. The molecule has 1 aromatic rings. The number of benzene rings is 1. The Hall–Kier alpha value is -1.36. The highest BCUT2D eigenvalue weighted by Gasteiger charge is 2.47. The summed E-state index contributed by atoms with van der Waals surface area (Å²) in [5.41, 5.74) is 2.38. The van der Waals surface area contributed by atoms with E-state index in [-0.39, 0.29) is 11.4 Å². The predicted molar refractivity (Wildman–Crippen MR) is 91.5 cm³/mol. The fraction of sp³-hybridized carbons (Fsp3) is 0.667. The minimum Gasteiger partial charge on any atom is -0.206 e. The molecule has 1 nitrogen and oxygen atoms in total. The van der Waals surface area contributed by atoms with Crippen molar-refractivity contribution in [3.05, 3.63) is 35.1 Å². The third-order valence-corrected chi connectivity index (χ3v) is 6.72. The highest BCUT2D eigenvalue weighted by Crippen LogP contribution is 2.60. The smallest absolute Gasteiger partial charge is 0.141 e. The summed E-state index contributed by atoms with van der Waals surface area (Å²) in [6.45, 7) is 2.29. The first kappa shape index (κ1) is 16.5. The van der Waals surface area contributed by atoms with Crippen LogP contribution in [-0.4, -0.2) is 0 Å². The van der Waals surface area contributed by atoms with E-state index in [9.17, 15) is 4.39 Å². The van der Waals surface area contributed by atoms with Gasteiger partial charge < -0.3 is 0 Å². The van der Waals surface area contributed by atoms with Crippen molar-refractivity contribution < 1.29 is 4.39 Å². The van der Waals surface area contributed by atoms with Crippen molar-refractivity contribution in [2.45, 2.75) is 77.6 Å². The molecule has 23 heavy (non-hydrogen) atoms. The zero-order chi connectivity index (χ0) is 16.3. The van der Waals surface area contributed by atoms with Gasteiger partial charge >= 0.3 is 0 Å².